The monoisotopic (exact) mass is 400 g/mol. The van der Waals surface area contributed by atoms with Crippen LogP contribution in [0.5, 0.6) is 0 Å². The van der Waals surface area contributed by atoms with Gasteiger partial charge in [0.1, 0.15) is 5.82 Å². The van der Waals surface area contributed by atoms with Gasteiger partial charge in [0.15, 0.2) is 0 Å². The Labute approximate surface area is 127 Å². The molecule has 0 aliphatic heterocycles. The minimum Gasteiger partial charge on any atom is -0.207 e. The van der Waals surface area contributed by atoms with Crippen molar-refractivity contribution in [2.24, 2.45) is 0 Å². The number of rotatable bonds is 1. The van der Waals surface area contributed by atoms with Crippen molar-refractivity contribution < 1.29 is 4.39 Å². The van der Waals surface area contributed by atoms with Crippen LogP contribution >= 0.6 is 57.4 Å². The Morgan fingerprint density at radius 3 is 2.24 bits per heavy atom. The van der Waals surface area contributed by atoms with Crippen LogP contribution in [0.3, 0.4) is 0 Å². The highest BCUT2D eigenvalue weighted by atomic mass is 127. The van der Waals surface area contributed by atoms with Gasteiger partial charge in [-0.1, -0.05) is 40.9 Å². The van der Waals surface area contributed by atoms with Crippen LogP contribution in [0.4, 0.5) is 4.39 Å². The zero-order valence-electron chi connectivity index (χ0n) is 8.28. The van der Waals surface area contributed by atoms with Gasteiger partial charge in [-0.3, -0.25) is 0 Å². The molecule has 0 bridgehead atoms. The third-order valence-corrected chi connectivity index (χ3v) is 4.26. The summed E-state index contributed by atoms with van der Waals surface area (Å²) in [6.45, 7) is 0. The predicted octanol–water partition coefficient (Wildman–Crippen LogP) is 6.06. The second-order valence-corrected chi connectivity index (χ2v) is 5.70. The van der Waals surface area contributed by atoms with Crippen molar-refractivity contribution in [3.8, 4) is 11.1 Å². The highest BCUT2D eigenvalue weighted by Crippen LogP contribution is 2.40. The SMILES string of the molecule is Fc1ccc(-c2c(Cl)ccc(Cl)c2Cl)c(I)c1. The number of halogens is 5. The van der Waals surface area contributed by atoms with E-state index in [0.717, 1.165) is 9.13 Å². The van der Waals surface area contributed by atoms with Gasteiger partial charge in [0, 0.05) is 9.13 Å². The minimum absolute atomic E-state index is 0.299. The molecule has 0 spiro atoms. The molecule has 0 heterocycles. The lowest BCUT2D eigenvalue weighted by molar-refractivity contribution is 0.627. The van der Waals surface area contributed by atoms with Crippen LogP contribution in [0.15, 0.2) is 30.3 Å². The fraction of sp³-hybridized carbons (Fsp3) is 0. The average molecular weight is 401 g/mol. The maximum Gasteiger partial charge on any atom is 0.124 e. The molecule has 2 aromatic carbocycles. The van der Waals surface area contributed by atoms with Gasteiger partial charge in [0.25, 0.3) is 0 Å². The van der Waals surface area contributed by atoms with Gasteiger partial charge < -0.3 is 0 Å². The van der Waals surface area contributed by atoms with Crippen molar-refractivity contribution in [2.75, 3.05) is 0 Å². The maximum absolute atomic E-state index is 13.0. The van der Waals surface area contributed by atoms with Crippen LogP contribution < -0.4 is 0 Å². The van der Waals surface area contributed by atoms with Gasteiger partial charge in [0.05, 0.1) is 15.1 Å². The van der Waals surface area contributed by atoms with Crippen LogP contribution in [0, 0.1) is 9.39 Å². The molecule has 0 aliphatic rings. The Morgan fingerprint density at radius 2 is 1.59 bits per heavy atom. The highest BCUT2D eigenvalue weighted by molar-refractivity contribution is 14.1. The first-order valence-corrected chi connectivity index (χ1v) is 6.81. The molecule has 0 aromatic heterocycles. The van der Waals surface area contributed by atoms with E-state index >= 15 is 0 Å². The molecule has 0 N–H and O–H groups in total. The number of hydrogen-bond acceptors (Lipinski definition) is 0. The smallest absolute Gasteiger partial charge is 0.124 e. The Bertz CT molecular complexity index is 584. The average Bonchev–Trinajstić information content (AvgIpc) is 2.27. The largest absolute Gasteiger partial charge is 0.207 e. The van der Waals surface area contributed by atoms with Crippen molar-refractivity contribution in [1.29, 1.82) is 0 Å². The van der Waals surface area contributed by atoms with E-state index in [1.165, 1.54) is 12.1 Å². The second kappa shape index (κ2) is 5.31. The summed E-state index contributed by atoms with van der Waals surface area (Å²) in [5.74, 6) is -0.299. The summed E-state index contributed by atoms with van der Waals surface area (Å²) < 4.78 is 13.8. The molecule has 0 atom stereocenters. The van der Waals surface area contributed by atoms with E-state index in [0.29, 0.717) is 20.6 Å². The molecule has 0 saturated carbocycles. The van der Waals surface area contributed by atoms with Crippen LogP contribution in [0.25, 0.3) is 11.1 Å². The standard InChI is InChI=1S/C12H5Cl3FI/c13-8-3-4-9(14)12(15)11(8)7-2-1-6(16)5-10(7)17/h1-5H. The third-order valence-electron chi connectivity index (χ3n) is 2.24. The van der Waals surface area contributed by atoms with E-state index in [-0.39, 0.29) is 5.82 Å². The summed E-state index contributed by atoms with van der Waals surface area (Å²) in [7, 11) is 0. The molecular formula is C12H5Cl3FI. The van der Waals surface area contributed by atoms with Gasteiger partial charge in [-0.25, -0.2) is 4.39 Å². The van der Waals surface area contributed by atoms with Gasteiger partial charge in [-0.05, 0) is 52.4 Å². The lowest BCUT2D eigenvalue weighted by Crippen LogP contribution is -1.88. The quantitative estimate of drug-likeness (QED) is 0.403. The summed E-state index contributed by atoms with van der Waals surface area (Å²) in [5, 5.41) is 1.29. The van der Waals surface area contributed by atoms with Crippen molar-refractivity contribution >= 4 is 57.4 Å². The maximum atomic E-state index is 13.0. The van der Waals surface area contributed by atoms with Gasteiger partial charge in [-0.2, -0.15) is 0 Å². The first kappa shape index (κ1) is 13.4. The summed E-state index contributed by atoms with van der Waals surface area (Å²) in [5.41, 5.74) is 1.40. The van der Waals surface area contributed by atoms with E-state index in [1.54, 1.807) is 18.2 Å². The molecule has 88 valence electrons. The summed E-state index contributed by atoms with van der Waals surface area (Å²) in [4.78, 5) is 0. The van der Waals surface area contributed by atoms with Crippen LogP contribution in [-0.2, 0) is 0 Å². The molecule has 0 amide bonds. The van der Waals surface area contributed by atoms with Gasteiger partial charge in [-0.15, -0.1) is 0 Å². The minimum atomic E-state index is -0.299. The van der Waals surface area contributed by atoms with E-state index in [1.807, 2.05) is 22.6 Å². The Hall–Kier alpha value is -0.0300. The van der Waals surface area contributed by atoms with Crippen molar-refractivity contribution in [3.05, 3.63) is 54.8 Å². The molecule has 17 heavy (non-hydrogen) atoms. The predicted molar refractivity (Wildman–Crippen MR) is 79.6 cm³/mol. The molecule has 5 heteroatoms. The molecule has 0 radical (unpaired) electrons. The lowest BCUT2D eigenvalue weighted by atomic mass is 10.1. The normalized spacial score (nSPS) is 10.6. The van der Waals surface area contributed by atoms with E-state index in [2.05, 4.69) is 0 Å². The van der Waals surface area contributed by atoms with Gasteiger partial charge >= 0.3 is 0 Å². The molecule has 2 rings (SSSR count). The van der Waals surface area contributed by atoms with Crippen LogP contribution in [0.1, 0.15) is 0 Å². The van der Waals surface area contributed by atoms with Crippen molar-refractivity contribution in [1.82, 2.24) is 0 Å². The van der Waals surface area contributed by atoms with Crippen molar-refractivity contribution in [3.63, 3.8) is 0 Å². The molecule has 0 unspecified atom stereocenters. The van der Waals surface area contributed by atoms with Gasteiger partial charge in [0.2, 0.25) is 0 Å². The lowest BCUT2D eigenvalue weighted by Gasteiger charge is -2.10. The summed E-state index contributed by atoms with van der Waals surface area (Å²) >= 11 is 20.2. The first-order valence-electron chi connectivity index (χ1n) is 4.59. The number of benzene rings is 2. The molecule has 0 fully saturated rings. The summed E-state index contributed by atoms with van der Waals surface area (Å²) in [6.07, 6.45) is 0. The fourth-order valence-electron chi connectivity index (χ4n) is 1.47. The van der Waals surface area contributed by atoms with Crippen LogP contribution in [-0.4, -0.2) is 0 Å². The zero-order chi connectivity index (χ0) is 12.6. The zero-order valence-corrected chi connectivity index (χ0v) is 12.7. The van der Waals surface area contributed by atoms with E-state index in [9.17, 15) is 4.39 Å². The first-order chi connectivity index (χ1) is 8.00. The van der Waals surface area contributed by atoms with E-state index in [4.69, 9.17) is 34.8 Å². The Morgan fingerprint density at radius 1 is 0.941 bits per heavy atom. The molecular weight excluding hydrogens is 396 g/mol. The Kier molecular flexibility index (Phi) is 4.18. The fourth-order valence-corrected chi connectivity index (χ4v) is 2.94. The van der Waals surface area contributed by atoms with E-state index < -0.39 is 0 Å². The third kappa shape index (κ3) is 2.70. The second-order valence-electron chi connectivity index (χ2n) is 3.34. The van der Waals surface area contributed by atoms with Crippen LogP contribution in [0.2, 0.25) is 15.1 Å². The topological polar surface area (TPSA) is 0 Å². The molecule has 0 saturated heterocycles. The molecule has 0 nitrogen and oxygen atoms in total. The summed E-state index contributed by atoms with van der Waals surface area (Å²) in [6, 6.07) is 7.73. The van der Waals surface area contributed by atoms with Crippen molar-refractivity contribution in [2.45, 2.75) is 0 Å². The Balaban J connectivity index is 2.72. The highest BCUT2D eigenvalue weighted by Gasteiger charge is 2.14. The number of hydrogen-bond donors (Lipinski definition) is 0. The molecule has 0 aliphatic carbocycles. The molecule has 2 aromatic rings.